The molecule has 1 unspecified atom stereocenters. The molecule has 19 heavy (non-hydrogen) atoms. The highest BCUT2D eigenvalue weighted by molar-refractivity contribution is 5.76. The molecule has 0 saturated carbocycles. The summed E-state index contributed by atoms with van der Waals surface area (Å²) in [6.45, 7) is 0. The lowest BCUT2D eigenvalue weighted by Gasteiger charge is -2.16. The van der Waals surface area contributed by atoms with Crippen LogP contribution >= 0.6 is 0 Å². The molecule has 0 amide bonds. The highest BCUT2D eigenvalue weighted by Crippen LogP contribution is 2.17. The van der Waals surface area contributed by atoms with E-state index in [4.69, 9.17) is 4.74 Å². The summed E-state index contributed by atoms with van der Waals surface area (Å²) in [5.74, 6) is -0.980. The van der Waals surface area contributed by atoms with E-state index in [1.807, 2.05) is 0 Å². The van der Waals surface area contributed by atoms with Gasteiger partial charge in [-0.1, -0.05) is 30.3 Å². The first-order valence-electron chi connectivity index (χ1n) is 5.68. The third-order valence-corrected chi connectivity index (χ3v) is 2.79. The van der Waals surface area contributed by atoms with E-state index >= 15 is 0 Å². The third kappa shape index (κ3) is 2.49. The highest BCUT2D eigenvalue weighted by atomic mass is 16.5. The number of pyridine rings is 1. The quantitative estimate of drug-likeness (QED) is 0.904. The molecule has 5 heteroatoms. The van der Waals surface area contributed by atoms with E-state index in [-0.39, 0.29) is 5.75 Å². The van der Waals surface area contributed by atoms with Crippen molar-refractivity contribution in [1.82, 2.24) is 4.57 Å². The van der Waals surface area contributed by atoms with Crippen LogP contribution in [-0.4, -0.2) is 22.8 Å². The molecule has 1 heterocycles. The number of hydrogen-bond donors (Lipinski definition) is 1. The number of aromatic nitrogens is 1. The predicted molar refractivity (Wildman–Crippen MR) is 69.5 cm³/mol. The van der Waals surface area contributed by atoms with Gasteiger partial charge in [0, 0.05) is 6.20 Å². The molecule has 0 aliphatic carbocycles. The molecule has 2 rings (SSSR count). The van der Waals surface area contributed by atoms with Gasteiger partial charge in [0.05, 0.1) is 7.11 Å². The number of carboxylic acids is 1. The normalized spacial score (nSPS) is 11.8. The van der Waals surface area contributed by atoms with Crippen molar-refractivity contribution in [2.75, 3.05) is 7.11 Å². The summed E-state index contributed by atoms with van der Waals surface area (Å²) in [4.78, 5) is 23.5. The first kappa shape index (κ1) is 12.9. The second-order valence-corrected chi connectivity index (χ2v) is 3.94. The van der Waals surface area contributed by atoms with E-state index in [0.717, 1.165) is 4.57 Å². The van der Waals surface area contributed by atoms with Gasteiger partial charge in [0.2, 0.25) is 0 Å². The summed E-state index contributed by atoms with van der Waals surface area (Å²) in [7, 11) is 1.37. The van der Waals surface area contributed by atoms with E-state index in [2.05, 4.69) is 0 Å². The van der Waals surface area contributed by atoms with Crippen molar-refractivity contribution in [3.8, 4) is 5.75 Å². The van der Waals surface area contributed by atoms with Gasteiger partial charge in [-0.15, -0.1) is 0 Å². The van der Waals surface area contributed by atoms with Crippen LogP contribution in [0.25, 0.3) is 0 Å². The summed E-state index contributed by atoms with van der Waals surface area (Å²) >= 11 is 0. The van der Waals surface area contributed by atoms with Gasteiger partial charge in [-0.05, 0) is 17.7 Å². The largest absolute Gasteiger partial charge is 0.491 e. The molecule has 1 aromatic carbocycles. The van der Waals surface area contributed by atoms with Crippen LogP contribution in [-0.2, 0) is 4.79 Å². The number of ether oxygens (including phenoxy) is 1. The fraction of sp³-hybridized carbons (Fsp3) is 0.143. The summed E-state index contributed by atoms with van der Waals surface area (Å²) in [6, 6.07) is 10.6. The fourth-order valence-corrected chi connectivity index (χ4v) is 1.91. The molecule has 0 aliphatic rings. The minimum absolute atomic E-state index is 0.115. The minimum atomic E-state index is -1.10. The smallest absolute Gasteiger partial charge is 0.331 e. The van der Waals surface area contributed by atoms with Crippen molar-refractivity contribution in [3.05, 3.63) is 64.6 Å². The number of carboxylic acid groups (broad SMARTS) is 1. The summed E-state index contributed by atoms with van der Waals surface area (Å²) in [5.41, 5.74) is 0.0617. The monoisotopic (exact) mass is 259 g/mol. The van der Waals surface area contributed by atoms with Crippen LogP contribution in [0, 0.1) is 0 Å². The zero-order chi connectivity index (χ0) is 13.8. The lowest BCUT2D eigenvalue weighted by Crippen LogP contribution is -2.30. The number of nitrogens with zero attached hydrogens (tertiary/aromatic N) is 1. The van der Waals surface area contributed by atoms with Crippen molar-refractivity contribution in [2.24, 2.45) is 0 Å². The molecule has 1 atom stereocenters. The Morgan fingerprint density at radius 3 is 2.47 bits per heavy atom. The van der Waals surface area contributed by atoms with Crippen LogP contribution in [0.3, 0.4) is 0 Å². The molecule has 5 nitrogen and oxygen atoms in total. The third-order valence-electron chi connectivity index (χ3n) is 2.79. The Morgan fingerprint density at radius 2 is 1.89 bits per heavy atom. The Balaban J connectivity index is 2.59. The van der Waals surface area contributed by atoms with Crippen molar-refractivity contribution < 1.29 is 14.6 Å². The maximum absolute atomic E-state index is 12.1. The van der Waals surface area contributed by atoms with Gasteiger partial charge in [0.15, 0.2) is 11.8 Å². The standard InChI is InChI=1S/C14H13NO4/c1-19-11-8-5-9-15(13(11)16)12(14(17)18)10-6-3-2-4-7-10/h2-9,12H,1H3,(H,17,18). The predicted octanol–water partition coefficient (Wildman–Crippen LogP) is 1.53. The second-order valence-electron chi connectivity index (χ2n) is 3.94. The molecular weight excluding hydrogens is 246 g/mol. The molecule has 0 fully saturated rings. The molecule has 0 radical (unpaired) electrons. The molecular formula is C14H13NO4. The summed E-state index contributed by atoms with van der Waals surface area (Å²) < 4.78 is 6.07. The number of benzene rings is 1. The van der Waals surface area contributed by atoms with Crippen LogP contribution in [0.4, 0.5) is 0 Å². The van der Waals surface area contributed by atoms with Crippen LogP contribution < -0.4 is 10.3 Å². The molecule has 0 spiro atoms. The minimum Gasteiger partial charge on any atom is -0.491 e. The number of carbonyl (C=O) groups is 1. The molecule has 1 N–H and O–H groups in total. The van der Waals surface area contributed by atoms with Crippen LogP contribution in [0.1, 0.15) is 11.6 Å². The van der Waals surface area contributed by atoms with E-state index in [0.29, 0.717) is 5.56 Å². The Kier molecular flexibility index (Phi) is 3.66. The van der Waals surface area contributed by atoms with Crippen molar-refractivity contribution in [1.29, 1.82) is 0 Å². The number of rotatable bonds is 4. The van der Waals surface area contributed by atoms with Gasteiger partial charge in [-0.2, -0.15) is 0 Å². The zero-order valence-corrected chi connectivity index (χ0v) is 10.3. The molecule has 0 bridgehead atoms. The highest BCUT2D eigenvalue weighted by Gasteiger charge is 2.23. The summed E-state index contributed by atoms with van der Waals surface area (Å²) in [6.07, 6.45) is 1.44. The average molecular weight is 259 g/mol. The van der Waals surface area contributed by atoms with Gasteiger partial charge < -0.3 is 9.84 Å². The van der Waals surface area contributed by atoms with Crippen molar-refractivity contribution in [2.45, 2.75) is 6.04 Å². The second kappa shape index (κ2) is 5.39. The first-order chi connectivity index (χ1) is 9.15. The zero-order valence-electron chi connectivity index (χ0n) is 10.3. The van der Waals surface area contributed by atoms with Gasteiger partial charge in [-0.3, -0.25) is 9.36 Å². The van der Waals surface area contributed by atoms with Crippen LogP contribution in [0.15, 0.2) is 53.5 Å². The van der Waals surface area contributed by atoms with E-state index in [9.17, 15) is 14.7 Å². The fourth-order valence-electron chi connectivity index (χ4n) is 1.91. The Labute approximate surface area is 109 Å². The number of methoxy groups -OCH3 is 1. The SMILES string of the molecule is COc1cccn(C(C(=O)O)c2ccccc2)c1=O. The first-order valence-corrected chi connectivity index (χ1v) is 5.68. The summed E-state index contributed by atoms with van der Waals surface area (Å²) in [5, 5.41) is 9.37. The molecule has 2 aromatic rings. The number of hydrogen-bond acceptors (Lipinski definition) is 3. The van der Waals surface area contributed by atoms with Gasteiger partial charge in [0.25, 0.3) is 5.56 Å². The average Bonchev–Trinajstić information content (AvgIpc) is 2.42. The molecule has 0 saturated heterocycles. The Hall–Kier alpha value is -2.56. The Bertz CT molecular complexity index is 633. The lowest BCUT2D eigenvalue weighted by molar-refractivity contribution is -0.139. The Morgan fingerprint density at radius 1 is 1.21 bits per heavy atom. The topological polar surface area (TPSA) is 68.5 Å². The van der Waals surface area contributed by atoms with Crippen LogP contribution in [0.5, 0.6) is 5.75 Å². The van der Waals surface area contributed by atoms with E-state index < -0.39 is 17.6 Å². The van der Waals surface area contributed by atoms with Gasteiger partial charge in [-0.25, -0.2) is 4.79 Å². The van der Waals surface area contributed by atoms with Crippen molar-refractivity contribution in [3.63, 3.8) is 0 Å². The molecule has 98 valence electrons. The van der Waals surface area contributed by atoms with Crippen LogP contribution in [0.2, 0.25) is 0 Å². The maximum atomic E-state index is 12.1. The lowest BCUT2D eigenvalue weighted by atomic mass is 10.1. The van der Waals surface area contributed by atoms with Gasteiger partial charge >= 0.3 is 5.97 Å². The maximum Gasteiger partial charge on any atom is 0.331 e. The number of aliphatic carboxylic acids is 1. The molecule has 1 aromatic heterocycles. The van der Waals surface area contributed by atoms with E-state index in [1.54, 1.807) is 36.4 Å². The van der Waals surface area contributed by atoms with Gasteiger partial charge in [0.1, 0.15) is 0 Å². The molecule has 0 aliphatic heterocycles. The van der Waals surface area contributed by atoms with Crippen molar-refractivity contribution >= 4 is 5.97 Å². The van der Waals surface area contributed by atoms with E-state index in [1.165, 1.54) is 19.4 Å².